The van der Waals surface area contributed by atoms with E-state index in [-0.39, 0.29) is 5.91 Å². The smallest absolute Gasteiger partial charge is 0.233 e. The van der Waals surface area contributed by atoms with Crippen LogP contribution in [0.4, 0.5) is 0 Å². The Morgan fingerprint density at radius 1 is 1.38 bits per heavy atom. The van der Waals surface area contributed by atoms with Gasteiger partial charge in [-0.15, -0.1) is 0 Å². The molecule has 88 valence electrons. The first-order valence-corrected chi connectivity index (χ1v) is 6.25. The lowest BCUT2D eigenvalue weighted by Gasteiger charge is -2.16. The number of ether oxygens (including phenoxy) is 1. The summed E-state index contributed by atoms with van der Waals surface area (Å²) in [4.78, 5) is 12.9. The van der Waals surface area contributed by atoms with Gasteiger partial charge in [0.1, 0.15) is 12.4 Å². The van der Waals surface area contributed by atoms with Crippen LogP contribution in [0.15, 0.2) is 24.3 Å². The number of benzene rings is 1. The second kappa shape index (κ2) is 6.53. The number of hydrogen-bond acceptors (Lipinski definition) is 2. The fraction of sp³-hybridized carbons (Fsp3) is 0.417. The minimum absolute atomic E-state index is 0.0625. The zero-order chi connectivity index (χ0) is 12.0. The highest BCUT2D eigenvalue weighted by Gasteiger charge is 2.05. The van der Waals surface area contributed by atoms with E-state index in [9.17, 15) is 4.79 Å². The third-order valence-electron chi connectivity index (χ3n) is 2.26. The summed E-state index contributed by atoms with van der Waals surface area (Å²) in [6.07, 6.45) is 0. The summed E-state index contributed by atoms with van der Waals surface area (Å²) >= 11 is 3.13. The van der Waals surface area contributed by atoms with E-state index in [1.165, 1.54) is 5.56 Å². The number of alkyl halides is 1. The van der Waals surface area contributed by atoms with Crippen LogP contribution in [-0.4, -0.2) is 36.3 Å². The zero-order valence-electron chi connectivity index (χ0n) is 9.57. The summed E-state index contributed by atoms with van der Waals surface area (Å²) in [5.41, 5.74) is 1.21. The molecule has 0 saturated carbocycles. The van der Waals surface area contributed by atoms with E-state index >= 15 is 0 Å². The maximum Gasteiger partial charge on any atom is 0.233 e. The molecular weight excluding hydrogens is 270 g/mol. The zero-order valence-corrected chi connectivity index (χ0v) is 11.2. The molecule has 0 aliphatic carbocycles. The predicted molar refractivity (Wildman–Crippen MR) is 68.1 cm³/mol. The molecule has 4 heteroatoms. The van der Waals surface area contributed by atoms with E-state index in [2.05, 4.69) is 15.9 Å². The molecule has 0 aliphatic heterocycles. The fourth-order valence-corrected chi connectivity index (χ4v) is 1.59. The van der Waals surface area contributed by atoms with Gasteiger partial charge in [-0.2, -0.15) is 0 Å². The van der Waals surface area contributed by atoms with Gasteiger partial charge in [0.05, 0.1) is 11.9 Å². The van der Waals surface area contributed by atoms with Crippen molar-refractivity contribution >= 4 is 21.8 Å². The van der Waals surface area contributed by atoms with E-state index < -0.39 is 0 Å². The Labute approximate surface area is 105 Å². The molecule has 0 fully saturated rings. The lowest BCUT2D eigenvalue weighted by molar-refractivity contribution is -0.127. The molecule has 0 heterocycles. The second-order valence-corrected chi connectivity index (χ2v) is 4.17. The highest BCUT2D eigenvalue weighted by atomic mass is 79.9. The van der Waals surface area contributed by atoms with Crippen LogP contribution in [0.1, 0.15) is 5.56 Å². The molecule has 1 rings (SSSR count). The number of likely N-dealkylation sites (N-methyl/N-ethyl adjacent to an activating group) is 1. The SMILES string of the molecule is Cc1ccc(OCCN(C)C(=O)CBr)cc1. The molecule has 0 atom stereocenters. The van der Waals surface area contributed by atoms with Crippen molar-refractivity contribution in [3.8, 4) is 5.75 Å². The summed E-state index contributed by atoms with van der Waals surface area (Å²) in [5.74, 6) is 0.901. The van der Waals surface area contributed by atoms with Gasteiger partial charge in [0, 0.05) is 7.05 Å². The summed E-state index contributed by atoms with van der Waals surface area (Å²) in [6, 6.07) is 7.87. The Kier molecular flexibility index (Phi) is 5.32. The van der Waals surface area contributed by atoms with E-state index in [1.807, 2.05) is 31.2 Å². The van der Waals surface area contributed by atoms with Gasteiger partial charge >= 0.3 is 0 Å². The van der Waals surface area contributed by atoms with Gasteiger partial charge in [-0.3, -0.25) is 4.79 Å². The molecule has 1 amide bonds. The van der Waals surface area contributed by atoms with Crippen molar-refractivity contribution in [2.24, 2.45) is 0 Å². The van der Waals surface area contributed by atoms with Crippen LogP contribution in [0.2, 0.25) is 0 Å². The maximum absolute atomic E-state index is 11.2. The third kappa shape index (κ3) is 4.23. The lowest BCUT2D eigenvalue weighted by Crippen LogP contribution is -2.31. The average molecular weight is 286 g/mol. The van der Waals surface area contributed by atoms with Gasteiger partial charge < -0.3 is 9.64 Å². The highest BCUT2D eigenvalue weighted by molar-refractivity contribution is 9.09. The quantitative estimate of drug-likeness (QED) is 0.777. The fourth-order valence-electron chi connectivity index (χ4n) is 1.16. The molecule has 3 nitrogen and oxygen atoms in total. The van der Waals surface area contributed by atoms with Crippen molar-refractivity contribution in [3.05, 3.63) is 29.8 Å². The van der Waals surface area contributed by atoms with Gasteiger partial charge in [0.2, 0.25) is 5.91 Å². The standard InChI is InChI=1S/C12H16BrNO2/c1-10-3-5-11(6-4-10)16-8-7-14(2)12(15)9-13/h3-6H,7-9H2,1-2H3. The van der Waals surface area contributed by atoms with Crippen LogP contribution in [0, 0.1) is 6.92 Å². The number of carbonyl (C=O) groups is 1. The van der Waals surface area contributed by atoms with Crippen molar-refractivity contribution in [1.82, 2.24) is 4.90 Å². The van der Waals surface area contributed by atoms with E-state index in [1.54, 1.807) is 11.9 Å². The number of rotatable bonds is 5. The Morgan fingerprint density at radius 3 is 2.56 bits per heavy atom. The first-order chi connectivity index (χ1) is 7.63. The maximum atomic E-state index is 11.2. The minimum Gasteiger partial charge on any atom is -0.492 e. The lowest BCUT2D eigenvalue weighted by atomic mass is 10.2. The molecule has 0 unspecified atom stereocenters. The van der Waals surface area contributed by atoms with Gasteiger partial charge in [0.25, 0.3) is 0 Å². The van der Waals surface area contributed by atoms with Crippen LogP contribution in [0.3, 0.4) is 0 Å². The molecule has 0 bridgehead atoms. The van der Waals surface area contributed by atoms with Crippen molar-refractivity contribution in [2.75, 3.05) is 25.5 Å². The van der Waals surface area contributed by atoms with Gasteiger partial charge in [-0.1, -0.05) is 33.6 Å². The monoisotopic (exact) mass is 285 g/mol. The number of halogens is 1. The minimum atomic E-state index is 0.0625. The number of amides is 1. The molecular formula is C12H16BrNO2. The molecule has 1 aromatic rings. The Hall–Kier alpha value is -1.03. The molecule has 0 aliphatic rings. The van der Waals surface area contributed by atoms with E-state index in [0.717, 1.165) is 5.75 Å². The molecule has 16 heavy (non-hydrogen) atoms. The highest BCUT2D eigenvalue weighted by Crippen LogP contribution is 2.11. The first-order valence-electron chi connectivity index (χ1n) is 5.13. The molecule has 0 spiro atoms. The average Bonchev–Trinajstić information content (AvgIpc) is 2.30. The van der Waals surface area contributed by atoms with Crippen LogP contribution in [0.5, 0.6) is 5.75 Å². The van der Waals surface area contributed by atoms with Gasteiger partial charge in [-0.05, 0) is 19.1 Å². The molecule has 0 aromatic heterocycles. The van der Waals surface area contributed by atoms with Crippen molar-refractivity contribution in [2.45, 2.75) is 6.92 Å². The Bertz CT molecular complexity index is 337. The van der Waals surface area contributed by atoms with Gasteiger partial charge in [-0.25, -0.2) is 0 Å². The summed E-state index contributed by atoms with van der Waals surface area (Å²) in [7, 11) is 1.77. The van der Waals surface area contributed by atoms with Crippen molar-refractivity contribution in [3.63, 3.8) is 0 Å². The van der Waals surface area contributed by atoms with E-state index in [4.69, 9.17) is 4.74 Å². The summed E-state index contributed by atoms with van der Waals surface area (Å²) in [6.45, 7) is 3.14. The molecule has 0 radical (unpaired) electrons. The summed E-state index contributed by atoms with van der Waals surface area (Å²) < 4.78 is 5.52. The van der Waals surface area contributed by atoms with Crippen LogP contribution in [0.25, 0.3) is 0 Å². The van der Waals surface area contributed by atoms with Crippen LogP contribution >= 0.6 is 15.9 Å². The molecule has 0 saturated heterocycles. The topological polar surface area (TPSA) is 29.5 Å². The predicted octanol–water partition coefficient (Wildman–Crippen LogP) is 2.23. The number of nitrogens with zero attached hydrogens (tertiary/aromatic N) is 1. The number of hydrogen-bond donors (Lipinski definition) is 0. The van der Waals surface area contributed by atoms with E-state index in [0.29, 0.717) is 18.5 Å². The normalized spacial score (nSPS) is 9.94. The Morgan fingerprint density at radius 2 is 2.00 bits per heavy atom. The number of aryl methyl sites for hydroxylation is 1. The van der Waals surface area contributed by atoms with Crippen molar-refractivity contribution < 1.29 is 9.53 Å². The molecule has 1 aromatic carbocycles. The van der Waals surface area contributed by atoms with Crippen LogP contribution in [-0.2, 0) is 4.79 Å². The first kappa shape index (κ1) is 13.0. The Balaban J connectivity index is 2.30. The van der Waals surface area contributed by atoms with Crippen molar-refractivity contribution in [1.29, 1.82) is 0 Å². The largest absolute Gasteiger partial charge is 0.492 e. The molecule has 0 N–H and O–H groups in total. The van der Waals surface area contributed by atoms with Gasteiger partial charge in [0.15, 0.2) is 0 Å². The number of carbonyl (C=O) groups excluding carboxylic acids is 1. The summed E-state index contributed by atoms with van der Waals surface area (Å²) in [5, 5.41) is 0.355. The second-order valence-electron chi connectivity index (χ2n) is 3.61. The third-order valence-corrected chi connectivity index (χ3v) is 2.74. The van der Waals surface area contributed by atoms with Crippen LogP contribution < -0.4 is 4.74 Å².